The van der Waals surface area contributed by atoms with Gasteiger partial charge in [-0.2, -0.15) is 0 Å². The average Bonchev–Trinajstić information content (AvgIpc) is 3.04. The van der Waals surface area contributed by atoms with E-state index < -0.39 is 0 Å². The highest BCUT2D eigenvalue weighted by atomic mass is 16.5. The topological polar surface area (TPSA) is 56.8 Å². The number of ether oxygens (including phenoxy) is 3. The predicted octanol–water partition coefficient (Wildman–Crippen LogP) is 2.01. The Hall–Kier alpha value is -2.01. The van der Waals surface area contributed by atoms with Crippen LogP contribution in [-0.4, -0.2) is 39.4 Å². The van der Waals surface area contributed by atoms with Crippen molar-refractivity contribution in [3.8, 4) is 11.5 Å². The molecule has 1 heterocycles. The smallest absolute Gasteiger partial charge is 0.244 e. The van der Waals surface area contributed by atoms with Crippen molar-refractivity contribution in [1.82, 2.24) is 5.32 Å². The van der Waals surface area contributed by atoms with Crippen molar-refractivity contribution < 1.29 is 19.0 Å². The lowest BCUT2D eigenvalue weighted by molar-refractivity contribution is -0.116. The zero-order valence-electron chi connectivity index (χ0n) is 12.4. The highest BCUT2D eigenvalue weighted by Gasteiger charge is 2.15. The minimum Gasteiger partial charge on any atom is -0.497 e. The number of hydrogen-bond acceptors (Lipinski definition) is 4. The first-order valence-electron chi connectivity index (χ1n) is 7.02. The third-order valence-corrected chi connectivity index (χ3v) is 3.38. The van der Waals surface area contributed by atoms with Gasteiger partial charge in [0.15, 0.2) is 0 Å². The van der Waals surface area contributed by atoms with Gasteiger partial charge in [0.2, 0.25) is 5.91 Å². The first kappa shape index (κ1) is 15.4. The Morgan fingerprint density at radius 3 is 2.95 bits per heavy atom. The van der Waals surface area contributed by atoms with Crippen LogP contribution in [0.15, 0.2) is 24.3 Å². The Labute approximate surface area is 124 Å². The molecule has 1 unspecified atom stereocenters. The summed E-state index contributed by atoms with van der Waals surface area (Å²) in [4.78, 5) is 11.8. The Morgan fingerprint density at radius 1 is 1.43 bits per heavy atom. The van der Waals surface area contributed by atoms with Crippen molar-refractivity contribution in [2.24, 2.45) is 0 Å². The second-order valence-corrected chi connectivity index (χ2v) is 4.82. The van der Waals surface area contributed by atoms with E-state index in [1.54, 1.807) is 26.4 Å². The van der Waals surface area contributed by atoms with Crippen LogP contribution < -0.4 is 14.8 Å². The van der Waals surface area contributed by atoms with Crippen LogP contribution in [0.25, 0.3) is 6.08 Å². The van der Waals surface area contributed by atoms with Crippen LogP contribution in [0.2, 0.25) is 0 Å². The van der Waals surface area contributed by atoms with Gasteiger partial charge in [-0.25, -0.2) is 0 Å². The molecular weight excluding hydrogens is 270 g/mol. The van der Waals surface area contributed by atoms with Gasteiger partial charge < -0.3 is 19.5 Å². The number of hydrogen-bond donors (Lipinski definition) is 1. The van der Waals surface area contributed by atoms with E-state index in [0.717, 1.165) is 25.0 Å². The molecule has 21 heavy (non-hydrogen) atoms. The lowest BCUT2D eigenvalue weighted by atomic mass is 10.1. The molecule has 0 radical (unpaired) electrons. The maximum atomic E-state index is 11.8. The fraction of sp³-hybridized carbons (Fsp3) is 0.438. The highest BCUT2D eigenvalue weighted by molar-refractivity contribution is 5.92. The Bertz CT molecular complexity index is 507. The molecule has 1 aliphatic rings. The first-order chi connectivity index (χ1) is 10.2. The fourth-order valence-electron chi connectivity index (χ4n) is 2.20. The molecule has 1 N–H and O–H groups in total. The minimum atomic E-state index is -0.136. The largest absolute Gasteiger partial charge is 0.497 e. The monoisotopic (exact) mass is 291 g/mol. The third-order valence-electron chi connectivity index (χ3n) is 3.38. The van der Waals surface area contributed by atoms with Gasteiger partial charge in [0.25, 0.3) is 0 Å². The van der Waals surface area contributed by atoms with E-state index in [0.29, 0.717) is 18.0 Å². The number of benzene rings is 1. The highest BCUT2D eigenvalue weighted by Crippen LogP contribution is 2.25. The molecule has 0 aliphatic carbocycles. The molecule has 5 nitrogen and oxygen atoms in total. The molecule has 1 saturated heterocycles. The molecule has 1 aromatic carbocycles. The quantitative estimate of drug-likeness (QED) is 0.815. The van der Waals surface area contributed by atoms with Crippen molar-refractivity contribution in [1.29, 1.82) is 0 Å². The zero-order chi connectivity index (χ0) is 15.1. The standard InChI is InChI=1S/C16H21NO4/c1-19-13-7-5-12(15(10-13)20-2)6-8-16(18)17-11-14-4-3-9-21-14/h5-8,10,14H,3-4,9,11H2,1-2H3,(H,17,18)/b8-6+. The van der Waals surface area contributed by atoms with E-state index in [1.807, 2.05) is 12.1 Å². The zero-order valence-corrected chi connectivity index (χ0v) is 12.4. The SMILES string of the molecule is COc1ccc(/C=C/C(=O)NCC2CCCO2)c(OC)c1. The van der Waals surface area contributed by atoms with Crippen LogP contribution in [0, 0.1) is 0 Å². The molecule has 1 atom stereocenters. The van der Waals surface area contributed by atoms with Crippen LogP contribution in [0.3, 0.4) is 0 Å². The summed E-state index contributed by atoms with van der Waals surface area (Å²) in [5, 5.41) is 2.84. The molecule has 0 saturated carbocycles. The van der Waals surface area contributed by atoms with Crippen LogP contribution in [-0.2, 0) is 9.53 Å². The third kappa shape index (κ3) is 4.49. The molecule has 114 valence electrons. The van der Waals surface area contributed by atoms with E-state index >= 15 is 0 Å². The molecule has 5 heteroatoms. The summed E-state index contributed by atoms with van der Waals surface area (Å²) < 4.78 is 15.9. The normalized spacial score (nSPS) is 17.9. The van der Waals surface area contributed by atoms with Gasteiger partial charge >= 0.3 is 0 Å². The minimum absolute atomic E-state index is 0.136. The summed E-state index contributed by atoms with van der Waals surface area (Å²) in [6, 6.07) is 5.46. The Kier molecular flexibility index (Phi) is 5.63. The van der Waals surface area contributed by atoms with Crippen molar-refractivity contribution in [2.75, 3.05) is 27.4 Å². The summed E-state index contributed by atoms with van der Waals surface area (Å²) in [5.41, 5.74) is 0.825. The Morgan fingerprint density at radius 2 is 2.29 bits per heavy atom. The van der Waals surface area contributed by atoms with Gasteiger partial charge in [-0.15, -0.1) is 0 Å². The molecule has 1 aliphatic heterocycles. The number of carbonyl (C=O) groups is 1. The van der Waals surface area contributed by atoms with Gasteiger partial charge in [0, 0.05) is 30.9 Å². The molecule has 0 bridgehead atoms. The molecule has 2 rings (SSSR count). The first-order valence-corrected chi connectivity index (χ1v) is 7.02. The van der Waals surface area contributed by atoms with Gasteiger partial charge in [-0.3, -0.25) is 4.79 Å². The molecule has 1 amide bonds. The lowest BCUT2D eigenvalue weighted by Gasteiger charge is -2.09. The lowest BCUT2D eigenvalue weighted by Crippen LogP contribution is -2.30. The summed E-state index contributed by atoms with van der Waals surface area (Å²) >= 11 is 0. The van der Waals surface area contributed by atoms with Crippen molar-refractivity contribution >= 4 is 12.0 Å². The Balaban J connectivity index is 1.91. The fourth-order valence-corrected chi connectivity index (χ4v) is 2.20. The van der Waals surface area contributed by atoms with Gasteiger partial charge in [-0.1, -0.05) is 0 Å². The van der Waals surface area contributed by atoms with Crippen LogP contribution in [0.4, 0.5) is 0 Å². The second-order valence-electron chi connectivity index (χ2n) is 4.82. The summed E-state index contributed by atoms with van der Waals surface area (Å²) in [7, 11) is 3.19. The summed E-state index contributed by atoms with van der Waals surface area (Å²) in [6.45, 7) is 1.35. The average molecular weight is 291 g/mol. The van der Waals surface area contributed by atoms with Crippen LogP contribution >= 0.6 is 0 Å². The number of rotatable bonds is 6. The number of nitrogens with one attached hydrogen (secondary N) is 1. The van der Waals surface area contributed by atoms with Gasteiger partial charge in [0.05, 0.1) is 20.3 Å². The van der Waals surface area contributed by atoms with Crippen molar-refractivity contribution in [3.05, 3.63) is 29.8 Å². The molecule has 1 fully saturated rings. The summed E-state index contributed by atoms with van der Waals surface area (Å²) in [5.74, 6) is 1.24. The van der Waals surface area contributed by atoms with E-state index in [-0.39, 0.29) is 12.0 Å². The van der Waals surface area contributed by atoms with Crippen LogP contribution in [0.5, 0.6) is 11.5 Å². The predicted molar refractivity (Wildman–Crippen MR) is 80.6 cm³/mol. The second kappa shape index (κ2) is 7.69. The van der Waals surface area contributed by atoms with Crippen molar-refractivity contribution in [3.63, 3.8) is 0 Å². The van der Waals surface area contributed by atoms with E-state index in [4.69, 9.17) is 14.2 Å². The van der Waals surface area contributed by atoms with Gasteiger partial charge in [-0.05, 0) is 31.1 Å². The number of amides is 1. The number of methoxy groups -OCH3 is 2. The molecular formula is C16H21NO4. The maximum absolute atomic E-state index is 11.8. The van der Waals surface area contributed by atoms with E-state index in [9.17, 15) is 4.79 Å². The number of carbonyl (C=O) groups excluding carboxylic acids is 1. The van der Waals surface area contributed by atoms with E-state index in [2.05, 4.69) is 5.32 Å². The van der Waals surface area contributed by atoms with Crippen molar-refractivity contribution in [2.45, 2.75) is 18.9 Å². The molecule has 0 spiro atoms. The maximum Gasteiger partial charge on any atom is 0.244 e. The summed E-state index contributed by atoms with van der Waals surface area (Å²) in [6.07, 6.45) is 5.45. The van der Waals surface area contributed by atoms with E-state index in [1.165, 1.54) is 6.08 Å². The van der Waals surface area contributed by atoms with Crippen LogP contribution in [0.1, 0.15) is 18.4 Å². The molecule has 1 aromatic rings. The van der Waals surface area contributed by atoms with Gasteiger partial charge in [0.1, 0.15) is 11.5 Å². The molecule has 0 aromatic heterocycles.